The smallest absolute Gasteiger partial charge is 0.407 e. The van der Waals surface area contributed by atoms with Gasteiger partial charge in [0.25, 0.3) is 0 Å². The van der Waals surface area contributed by atoms with Gasteiger partial charge >= 0.3 is 12.1 Å². The van der Waals surface area contributed by atoms with Crippen molar-refractivity contribution in [1.29, 1.82) is 0 Å². The Bertz CT molecular complexity index is 634. The number of hydrogen-bond acceptors (Lipinski definition) is 5. The molecule has 146 valence electrons. The van der Waals surface area contributed by atoms with E-state index in [4.69, 9.17) is 14.5 Å². The predicted octanol–water partition coefficient (Wildman–Crippen LogP) is 3.48. The van der Waals surface area contributed by atoms with E-state index in [-0.39, 0.29) is 11.4 Å². The Morgan fingerprint density at radius 1 is 1.35 bits per heavy atom. The van der Waals surface area contributed by atoms with Crippen LogP contribution < -0.4 is 5.32 Å². The maximum Gasteiger partial charge on any atom is 0.407 e. The van der Waals surface area contributed by atoms with E-state index in [1.54, 1.807) is 0 Å². The maximum atomic E-state index is 12.5. The number of carbonyl (C=O) groups is 2. The summed E-state index contributed by atoms with van der Waals surface area (Å²) in [5, 5.41) is 2.72. The molecule has 0 unspecified atom stereocenters. The SMILES string of the molecule is CC(C)(C)OC(=O)NCCC[C@H]1N=C2C[C@H]3C[C@H](C3(C)C)[C@@]2(C)OC1=O. The largest absolute Gasteiger partial charge is 0.451 e. The highest BCUT2D eigenvalue weighted by atomic mass is 16.6. The highest BCUT2D eigenvalue weighted by Crippen LogP contribution is 2.63. The van der Waals surface area contributed by atoms with Crippen molar-refractivity contribution in [3.8, 4) is 0 Å². The summed E-state index contributed by atoms with van der Waals surface area (Å²) in [6.45, 7) is 12.5. The van der Waals surface area contributed by atoms with Crippen LogP contribution in [0.2, 0.25) is 0 Å². The van der Waals surface area contributed by atoms with Crippen LogP contribution >= 0.6 is 0 Å². The summed E-state index contributed by atoms with van der Waals surface area (Å²) in [6.07, 6.45) is 2.86. The van der Waals surface area contributed by atoms with Crippen molar-refractivity contribution in [3.63, 3.8) is 0 Å². The lowest BCUT2D eigenvalue weighted by atomic mass is 9.43. The summed E-state index contributed by atoms with van der Waals surface area (Å²) < 4.78 is 11.1. The second-order valence-electron chi connectivity index (χ2n) is 9.70. The number of carbonyl (C=O) groups excluding carboxylic acids is 2. The van der Waals surface area contributed by atoms with Crippen LogP contribution in [0.4, 0.5) is 4.79 Å². The first-order valence-corrected chi connectivity index (χ1v) is 9.70. The van der Waals surface area contributed by atoms with Gasteiger partial charge in [0, 0.05) is 12.5 Å². The molecule has 0 radical (unpaired) electrons. The Labute approximate surface area is 156 Å². The number of nitrogens with one attached hydrogen (secondary N) is 1. The van der Waals surface area contributed by atoms with Gasteiger partial charge in [0.2, 0.25) is 0 Å². The van der Waals surface area contributed by atoms with Gasteiger partial charge in [-0.3, -0.25) is 4.99 Å². The van der Waals surface area contributed by atoms with Gasteiger partial charge in [-0.05, 0) is 64.7 Å². The molecule has 4 rings (SSSR count). The number of alkyl carbamates (subject to hydrolysis) is 1. The van der Waals surface area contributed by atoms with E-state index in [9.17, 15) is 9.59 Å². The van der Waals surface area contributed by atoms with Crippen LogP contribution in [0.1, 0.15) is 67.2 Å². The lowest BCUT2D eigenvalue weighted by Crippen LogP contribution is -2.68. The third-order valence-electron chi connectivity index (χ3n) is 6.37. The van der Waals surface area contributed by atoms with Crippen molar-refractivity contribution in [2.45, 2.75) is 84.5 Å². The van der Waals surface area contributed by atoms with Gasteiger partial charge in [-0.1, -0.05) is 13.8 Å². The Hall–Kier alpha value is -1.59. The Morgan fingerprint density at radius 2 is 2.04 bits per heavy atom. The van der Waals surface area contributed by atoms with E-state index in [2.05, 4.69) is 19.2 Å². The average Bonchev–Trinajstić information content (AvgIpc) is 2.48. The van der Waals surface area contributed by atoms with E-state index in [0.29, 0.717) is 31.2 Å². The minimum absolute atomic E-state index is 0.220. The van der Waals surface area contributed by atoms with E-state index in [1.165, 1.54) is 0 Å². The van der Waals surface area contributed by atoms with Crippen LogP contribution in [-0.2, 0) is 14.3 Å². The van der Waals surface area contributed by atoms with Gasteiger partial charge in [-0.25, -0.2) is 9.59 Å². The molecule has 4 aliphatic rings. The first-order valence-electron chi connectivity index (χ1n) is 9.70. The second kappa shape index (κ2) is 6.24. The molecule has 0 aromatic rings. The Morgan fingerprint density at radius 3 is 2.65 bits per heavy atom. The fraction of sp³-hybridized carbons (Fsp3) is 0.850. The zero-order chi connectivity index (χ0) is 19.3. The standard InChI is InChI=1S/C20H32N2O4/c1-18(2,3)26-17(24)21-9-7-8-13-16(23)25-20(6)14-10-12(19(14,4)5)11-15(20)22-13/h12-14H,7-11H2,1-6H3,(H,21,24)/t12-,13-,14-,20-/m1/s1. The Balaban J connectivity index is 1.54. The summed E-state index contributed by atoms with van der Waals surface area (Å²) in [4.78, 5) is 28.9. The summed E-state index contributed by atoms with van der Waals surface area (Å²) >= 11 is 0. The maximum absolute atomic E-state index is 12.5. The molecule has 1 amide bonds. The molecular weight excluding hydrogens is 332 g/mol. The molecule has 3 aliphatic carbocycles. The number of rotatable bonds is 4. The third-order valence-corrected chi connectivity index (χ3v) is 6.37. The normalized spacial score (nSPS) is 34.8. The first-order chi connectivity index (χ1) is 11.9. The molecule has 0 aromatic carbocycles. The van der Waals surface area contributed by atoms with Crippen molar-refractivity contribution in [3.05, 3.63) is 0 Å². The second-order valence-corrected chi connectivity index (χ2v) is 9.70. The van der Waals surface area contributed by atoms with Crippen LogP contribution in [0.25, 0.3) is 0 Å². The first kappa shape index (κ1) is 19.2. The van der Waals surface area contributed by atoms with Crippen molar-refractivity contribution in [2.75, 3.05) is 6.54 Å². The van der Waals surface area contributed by atoms with Crippen molar-refractivity contribution < 1.29 is 19.1 Å². The van der Waals surface area contributed by atoms with Crippen LogP contribution in [0.5, 0.6) is 0 Å². The van der Waals surface area contributed by atoms with Gasteiger partial charge in [0.05, 0.1) is 5.71 Å². The van der Waals surface area contributed by atoms with Crippen LogP contribution in [-0.4, -0.2) is 41.6 Å². The fourth-order valence-electron chi connectivity index (χ4n) is 4.75. The van der Waals surface area contributed by atoms with Crippen LogP contribution in [0.3, 0.4) is 0 Å². The molecule has 6 nitrogen and oxygen atoms in total. The highest BCUT2D eigenvalue weighted by Gasteiger charge is 2.65. The summed E-state index contributed by atoms with van der Waals surface area (Å²) in [5.74, 6) is 0.784. The molecule has 4 atom stereocenters. The lowest BCUT2D eigenvalue weighted by Gasteiger charge is -2.64. The quantitative estimate of drug-likeness (QED) is 0.612. The molecule has 0 spiro atoms. The van der Waals surface area contributed by atoms with Gasteiger partial charge in [-0.15, -0.1) is 0 Å². The minimum Gasteiger partial charge on any atom is -0.451 e. The molecule has 0 aromatic heterocycles. The van der Waals surface area contributed by atoms with Crippen molar-refractivity contribution in [1.82, 2.24) is 5.32 Å². The molecule has 1 heterocycles. The number of nitrogens with zero attached hydrogens (tertiary/aromatic N) is 1. The summed E-state index contributed by atoms with van der Waals surface area (Å²) in [5.41, 5.74) is 0.241. The highest BCUT2D eigenvalue weighted by molar-refractivity contribution is 6.00. The summed E-state index contributed by atoms with van der Waals surface area (Å²) in [7, 11) is 0. The molecular formula is C20H32N2O4. The monoisotopic (exact) mass is 364 g/mol. The number of hydrogen-bond donors (Lipinski definition) is 1. The summed E-state index contributed by atoms with van der Waals surface area (Å²) in [6, 6.07) is -0.445. The lowest BCUT2D eigenvalue weighted by molar-refractivity contribution is -0.187. The van der Waals surface area contributed by atoms with Crippen molar-refractivity contribution >= 4 is 17.8 Å². The van der Waals surface area contributed by atoms with E-state index < -0.39 is 23.3 Å². The molecule has 6 heteroatoms. The number of amides is 1. The molecule has 3 fully saturated rings. The van der Waals surface area contributed by atoms with Gasteiger partial charge in [0.15, 0.2) is 5.60 Å². The zero-order valence-corrected chi connectivity index (χ0v) is 16.8. The Kier molecular flexibility index (Phi) is 4.60. The van der Waals surface area contributed by atoms with E-state index in [1.807, 2.05) is 27.7 Å². The van der Waals surface area contributed by atoms with Gasteiger partial charge < -0.3 is 14.8 Å². The number of esters is 1. The van der Waals surface area contributed by atoms with Crippen molar-refractivity contribution in [2.24, 2.45) is 22.2 Å². The molecule has 1 aliphatic heterocycles. The topological polar surface area (TPSA) is 77.0 Å². The van der Waals surface area contributed by atoms with Gasteiger partial charge in [0.1, 0.15) is 11.6 Å². The zero-order valence-electron chi connectivity index (χ0n) is 16.8. The van der Waals surface area contributed by atoms with E-state index >= 15 is 0 Å². The average molecular weight is 364 g/mol. The fourth-order valence-corrected chi connectivity index (χ4v) is 4.75. The molecule has 2 bridgehead atoms. The van der Waals surface area contributed by atoms with Crippen LogP contribution in [0, 0.1) is 17.3 Å². The molecule has 3 saturated carbocycles. The molecule has 26 heavy (non-hydrogen) atoms. The van der Waals surface area contributed by atoms with Crippen LogP contribution in [0.15, 0.2) is 4.99 Å². The van der Waals surface area contributed by atoms with Gasteiger partial charge in [-0.2, -0.15) is 0 Å². The molecule has 0 saturated heterocycles. The number of aliphatic imine (C=N–C) groups is 1. The van der Waals surface area contributed by atoms with E-state index in [0.717, 1.165) is 18.6 Å². The predicted molar refractivity (Wildman–Crippen MR) is 99.2 cm³/mol. The number of ether oxygens (including phenoxy) is 2. The molecule has 1 N–H and O–H groups in total. The third kappa shape index (κ3) is 3.35. The minimum atomic E-state index is -0.527.